The average molecular weight is 442 g/mol. The number of rotatable bonds is 6. The third-order valence-electron chi connectivity index (χ3n) is 3.49. The molecule has 0 aromatic heterocycles. The molecule has 31 heavy (non-hydrogen) atoms. The molecular formula is C18H13F3N2O8. The summed E-state index contributed by atoms with van der Waals surface area (Å²) in [6.07, 6.45) is -3.43. The highest BCUT2D eigenvalue weighted by atomic mass is 19.4. The number of aliphatic carboxylic acids is 2. The van der Waals surface area contributed by atoms with Crippen molar-refractivity contribution >= 4 is 29.4 Å². The molecule has 0 saturated heterocycles. The van der Waals surface area contributed by atoms with Gasteiger partial charge in [-0.1, -0.05) is 18.2 Å². The minimum Gasteiger partial charge on any atom is -0.481 e. The number of alkyl halides is 3. The fourth-order valence-electron chi connectivity index (χ4n) is 2.21. The van der Waals surface area contributed by atoms with Crippen LogP contribution in [0.1, 0.15) is 16.7 Å². The van der Waals surface area contributed by atoms with E-state index in [0.717, 1.165) is 30.3 Å². The zero-order chi connectivity index (χ0) is 23.8. The Morgan fingerprint density at radius 1 is 1.00 bits per heavy atom. The van der Waals surface area contributed by atoms with E-state index in [0.29, 0.717) is 6.08 Å². The molecule has 0 radical (unpaired) electrons. The van der Waals surface area contributed by atoms with Gasteiger partial charge in [0.05, 0.1) is 27.9 Å². The molecule has 0 unspecified atom stereocenters. The molecule has 0 bridgehead atoms. The number of nitro benzene ring substituents is 2. The van der Waals surface area contributed by atoms with Crippen molar-refractivity contribution in [1.29, 1.82) is 0 Å². The Kier molecular flexibility index (Phi) is 8.36. The van der Waals surface area contributed by atoms with Crippen LogP contribution in [0.15, 0.2) is 48.5 Å². The Bertz CT molecular complexity index is 1030. The van der Waals surface area contributed by atoms with Crippen LogP contribution in [0.4, 0.5) is 24.5 Å². The number of halogens is 3. The van der Waals surface area contributed by atoms with E-state index < -0.39 is 51.3 Å². The summed E-state index contributed by atoms with van der Waals surface area (Å²) in [6.45, 7) is 0. The van der Waals surface area contributed by atoms with E-state index in [4.69, 9.17) is 10.2 Å². The number of nitro groups is 2. The molecule has 2 rings (SSSR count). The van der Waals surface area contributed by atoms with Crippen molar-refractivity contribution in [3.63, 3.8) is 0 Å². The number of hydrogen-bond donors (Lipinski definition) is 2. The van der Waals surface area contributed by atoms with Gasteiger partial charge in [0.15, 0.2) is 0 Å². The molecule has 0 fully saturated rings. The average Bonchev–Trinajstić information content (AvgIpc) is 2.66. The van der Waals surface area contributed by atoms with E-state index in [1.165, 1.54) is 18.2 Å². The first-order valence-electron chi connectivity index (χ1n) is 8.03. The van der Waals surface area contributed by atoms with Gasteiger partial charge in [0.1, 0.15) is 0 Å². The lowest BCUT2D eigenvalue weighted by molar-refractivity contribution is -0.394. The van der Waals surface area contributed by atoms with Crippen LogP contribution in [-0.2, 0) is 22.2 Å². The summed E-state index contributed by atoms with van der Waals surface area (Å²) in [5, 5.41) is 37.7. The van der Waals surface area contributed by atoms with E-state index in [9.17, 15) is 43.0 Å². The normalized spacial score (nSPS) is 10.8. The van der Waals surface area contributed by atoms with Gasteiger partial charge in [-0.2, -0.15) is 13.2 Å². The second-order valence-electron chi connectivity index (χ2n) is 5.65. The van der Waals surface area contributed by atoms with E-state index >= 15 is 0 Å². The van der Waals surface area contributed by atoms with Crippen LogP contribution in [0.2, 0.25) is 0 Å². The summed E-state index contributed by atoms with van der Waals surface area (Å²) in [5.74, 6) is -2.52. The van der Waals surface area contributed by atoms with Gasteiger partial charge >= 0.3 is 18.1 Å². The van der Waals surface area contributed by atoms with Gasteiger partial charge in [-0.15, -0.1) is 0 Å². The third kappa shape index (κ3) is 7.92. The largest absolute Gasteiger partial charge is 0.481 e. The van der Waals surface area contributed by atoms with Crippen molar-refractivity contribution in [3.8, 4) is 0 Å². The zero-order valence-corrected chi connectivity index (χ0v) is 15.3. The third-order valence-corrected chi connectivity index (χ3v) is 3.49. The van der Waals surface area contributed by atoms with Crippen molar-refractivity contribution in [1.82, 2.24) is 0 Å². The lowest BCUT2D eigenvalue weighted by atomic mass is 10.1. The van der Waals surface area contributed by atoms with E-state index in [1.807, 2.05) is 0 Å². The minimum absolute atomic E-state index is 0.0666. The Morgan fingerprint density at radius 3 is 2.10 bits per heavy atom. The van der Waals surface area contributed by atoms with Gasteiger partial charge in [0.25, 0.3) is 11.4 Å². The number of carboxylic acid groups (broad SMARTS) is 2. The first kappa shape index (κ1) is 24.7. The van der Waals surface area contributed by atoms with Crippen LogP contribution in [0.25, 0.3) is 6.08 Å². The fourth-order valence-corrected chi connectivity index (χ4v) is 2.21. The van der Waals surface area contributed by atoms with Crippen LogP contribution < -0.4 is 0 Å². The SMILES string of the molecule is O=C(O)/C=C/c1ccccc1C(F)(F)F.O=C(O)Cc1ccc([N+](=O)[O-])cc1[N+](=O)[O-]. The fraction of sp³-hybridized carbons (Fsp3) is 0.111. The molecule has 0 aliphatic heterocycles. The second-order valence-corrected chi connectivity index (χ2v) is 5.65. The maximum atomic E-state index is 12.4. The van der Waals surface area contributed by atoms with Crippen LogP contribution in [0, 0.1) is 20.2 Å². The molecule has 2 N–H and O–H groups in total. The van der Waals surface area contributed by atoms with Gasteiger partial charge < -0.3 is 10.2 Å². The minimum atomic E-state index is -4.47. The van der Waals surface area contributed by atoms with Gasteiger partial charge in [-0.3, -0.25) is 25.0 Å². The monoisotopic (exact) mass is 442 g/mol. The molecule has 0 spiro atoms. The van der Waals surface area contributed by atoms with Gasteiger partial charge in [-0.05, 0) is 23.8 Å². The lowest BCUT2D eigenvalue weighted by Crippen LogP contribution is -2.06. The number of benzene rings is 2. The first-order valence-corrected chi connectivity index (χ1v) is 8.03. The Hall–Kier alpha value is -4.29. The number of hydrogen-bond acceptors (Lipinski definition) is 6. The van der Waals surface area contributed by atoms with Crippen LogP contribution in [0.3, 0.4) is 0 Å². The van der Waals surface area contributed by atoms with Crippen LogP contribution in [0.5, 0.6) is 0 Å². The van der Waals surface area contributed by atoms with E-state index in [-0.39, 0.29) is 11.1 Å². The number of carbonyl (C=O) groups is 2. The molecule has 13 heteroatoms. The molecule has 2 aromatic carbocycles. The molecule has 0 aliphatic rings. The molecule has 164 valence electrons. The molecule has 0 amide bonds. The number of carboxylic acids is 2. The Labute approximate surface area is 171 Å². The van der Waals surface area contributed by atoms with Crippen molar-refractivity contribution in [2.75, 3.05) is 0 Å². The summed E-state index contributed by atoms with van der Waals surface area (Å²) in [5.41, 5.74) is -2.07. The summed E-state index contributed by atoms with van der Waals surface area (Å²) in [4.78, 5) is 39.9. The molecule has 2 aromatic rings. The summed E-state index contributed by atoms with van der Waals surface area (Å²) < 4.78 is 37.2. The highest BCUT2D eigenvalue weighted by molar-refractivity contribution is 5.85. The predicted molar refractivity (Wildman–Crippen MR) is 99.2 cm³/mol. The molecule has 0 saturated carbocycles. The van der Waals surface area contributed by atoms with Crippen molar-refractivity contribution < 1.29 is 42.8 Å². The highest BCUT2D eigenvalue weighted by Crippen LogP contribution is 2.32. The first-order chi connectivity index (χ1) is 14.3. The quantitative estimate of drug-likeness (QED) is 0.386. The molecule has 10 nitrogen and oxygen atoms in total. The summed E-state index contributed by atoms with van der Waals surface area (Å²) >= 11 is 0. The van der Waals surface area contributed by atoms with Crippen LogP contribution >= 0.6 is 0 Å². The standard InChI is InChI=1S/C10H7F3O2.C8H6N2O6/c11-10(12,13)8-4-2-1-3-7(8)5-6-9(14)15;11-8(12)3-5-1-2-6(9(13)14)4-7(5)10(15)16/h1-6H,(H,14,15);1-2,4H,3H2,(H,11,12)/b6-5+;. The Morgan fingerprint density at radius 2 is 1.61 bits per heavy atom. The highest BCUT2D eigenvalue weighted by Gasteiger charge is 2.32. The molecule has 0 aliphatic carbocycles. The topological polar surface area (TPSA) is 161 Å². The van der Waals surface area contributed by atoms with Gasteiger partial charge in [0.2, 0.25) is 0 Å². The van der Waals surface area contributed by atoms with Crippen molar-refractivity contribution in [3.05, 3.63) is 85.5 Å². The summed E-state index contributed by atoms with van der Waals surface area (Å²) in [7, 11) is 0. The predicted octanol–water partition coefficient (Wildman–Crippen LogP) is 3.93. The molecule has 0 heterocycles. The lowest BCUT2D eigenvalue weighted by Gasteiger charge is -2.09. The van der Waals surface area contributed by atoms with Crippen molar-refractivity contribution in [2.24, 2.45) is 0 Å². The smallest absolute Gasteiger partial charge is 0.416 e. The van der Waals surface area contributed by atoms with E-state index in [1.54, 1.807) is 0 Å². The number of nitrogens with zero attached hydrogens (tertiary/aromatic N) is 2. The number of non-ortho nitro benzene ring substituents is 1. The maximum absolute atomic E-state index is 12.4. The van der Waals surface area contributed by atoms with Gasteiger partial charge in [-0.25, -0.2) is 4.79 Å². The van der Waals surface area contributed by atoms with E-state index in [2.05, 4.69) is 0 Å². The second kappa shape index (κ2) is 10.5. The summed E-state index contributed by atoms with van der Waals surface area (Å²) in [6, 6.07) is 7.63. The van der Waals surface area contributed by atoms with Gasteiger partial charge in [0, 0.05) is 17.7 Å². The van der Waals surface area contributed by atoms with Crippen LogP contribution in [-0.4, -0.2) is 32.0 Å². The molecule has 0 atom stereocenters. The Balaban J connectivity index is 0.000000311. The maximum Gasteiger partial charge on any atom is 0.416 e. The zero-order valence-electron chi connectivity index (χ0n) is 15.3. The molecular weight excluding hydrogens is 429 g/mol. The van der Waals surface area contributed by atoms with Crippen molar-refractivity contribution in [2.45, 2.75) is 12.6 Å².